The quantitative estimate of drug-likeness (QED) is 0.666. The van der Waals surface area contributed by atoms with Crippen LogP contribution in [0.3, 0.4) is 0 Å². The van der Waals surface area contributed by atoms with Crippen LogP contribution in [-0.2, 0) is 14.3 Å². The van der Waals surface area contributed by atoms with Crippen molar-refractivity contribution in [2.24, 2.45) is 0 Å². The van der Waals surface area contributed by atoms with E-state index in [-0.39, 0.29) is 18.6 Å². The van der Waals surface area contributed by atoms with Crippen molar-refractivity contribution in [3.63, 3.8) is 0 Å². The molecule has 1 aromatic carbocycles. The van der Waals surface area contributed by atoms with E-state index < -0.39 is 11.6 Å². The minimum atomic E-state index is -0.957. The molecule has 0 radical (unpaired) electrons. The largest absolute Gasteiger partial charge is 0.475 e. The summed E-state index contributed by atoms with van der Waals surface area (Å²) in [5, 5.41) is 0. The fraction of sp³-hybridized carbons (Fsp3) is 0.529. The summed E-state index contributed by atoms with van der Waals surface area (Å²) in [5.74, 6) is -0.133. The zero-order valence-corrected chi connectivity index (χ0v) is 14.1. The molecule has 0 atom stereocenters. The molecular formula is C17H24N2O4. The van der Waals surface area contributed by atoms with Gasteiger partial charge in [0.1, 0.15) is 12.3 Å². The number of nitrogens with zero attached hydrogens (tertiary/aromatic N) is 1. The van der Waals surface area contributed by atoms with Gasteiger partial charge in [-0.3, -0.25) is 14.5 Å². The Morgan fingerprint density at radius 3 is 2.57 bits per heavy atom. The van der Waals surface area contributed by atoms with Crippen LogP contribution in [0.4, 0.5) is 11.4 Å². The van der Waals surface area contributed by atoms with Gasteiger partial charge in [-0.15, -0.1) is 0 Å². The van der Waals surface area contributed by atoms with Crippen molar-refractivity contribution in [2.45, 2.75) is 52.2 Å². The van der Waals surface area contributed by atoms with Crippen LogP contribution < -0.4 is 15.4 Å². The van der Waals surface area contributed by atoms with Crippen molar-refractivity contribution < 1.29 is 19.1 Å². The molecule has 23 heavy (non-hydrogen) atoms. The Morgan fingerprint density at radius 1 is 1.35 bits per heavy atom. The number of esters is 1. The minimum absolute atomic E-state index is 0.154. The van der Waals surface area contributed by atoms with Crippen molar-refractivity contribution in [2.75, 3.05) is 17.2 Å². The number of rotatable bonds is 5. The maximum absolute atomic E-state index is 13.0. The number of nitrogen functional groups attached to an aromatic ring is 1. The Balaban J connectivity index is 2.43. The van der Waals surface area contributed by atoms with Crippen LogP contribution in [0.15, 0.2) is 18.2 Å². The second-order valence-electron chi connectivity index (χ2n) is 5.96. The van der Waals surface area contributed by atoms with Crippen molar-refractivity contribution in [1.29, 1.82) is 0 Å². The summed E-state index contributed by atoms with van der Waals surface area (Å²) >= 11 is 0. The van der Waals surface area contributed by atoms with E-state index in [0.717, 1.165) is 0 Å². The number of carbonyl (C=O) groups excluding carboxylic acids is 2. The summed E-state index contributed by atoms with van der Waals surface area (Å²) in [5.41, 5.74) is 5.88. The van der Waals surface area contributed by atoms with Gasteiger partial charge in [-0.2, -0.15) is 0 Å². The van der Waals surface area contributed by atoms with Gasteiger partial charge >= 0.3 is 5.97 Å². The van der Waals surface area contributed by atoms with E-state index in [1.54, 1.807) is 32.0 Å². The van der Waals surface area contributed by atoms with Gasteiger partial charge in [0, 0.05) is 5.69 Å². The summed E-state index contributed by atoms with van der Waals surface area (Å²) in [6.07, 6.45) is 0.796. The second kappa shape index (κ2) is 6.48. The van der Waals surface area contributed by atoms with Crippen LogP contribution in [-0.4, -0.2) is 30.1 Å². The molecule has 0 aromatic heterocycles. The number of benzene rings is 1. The molecular weight excluding hydrogens is 296 g/mol. The summed E-state index contributed by atoms with van der Waals surface area (Å²) in [6.45, 7) is 7.18. The Kier molecular flexibility index (Phi) is 4.82. The zero-order valence-electron chi connectivity index (χ0n) is 14.1. The van der Waals surface area contributed by atoms with E-state index in [0.29, 0.717) is 30.0 Å². The molecule has 0 bridgehead atoms. The number of hydrogen-bond donors (Lipinski definition) is 1. The molecule has 6 heteroatoms. The first-order valence-corrected chi connectivity index (χ1v) is 7.93. The highest BCUT2D eigenvalue weighted by Gasteiger charge is 2.46. The molecule has 126 valence electrons. The predicted molar refractivity (Wildman–Crippen MR) is 88.4 cm³/mol. The second-order valence-corrected chi connectivity index (χ2v) is 5.96. The maximum atomic E-state index is 13.0. The van der Waals surface area contributed by atoms with Crippen LogP contribution in [0, 0.1) is 0 Å². The maximum Gasteiger partial charge on any atom is 0.326 e. The highest BCUT2D eigenvalue weighted by molar-refractivity contribution is 6.05. The van der Waals surface area contributed by atoms with Crippen LogP contribution in [0.2, 0.25) is 0 Å². The van der Waals surface area contributed by atoms with Gasteiger partial charge in [0.25, 0.3) is 5.91 Å². The Bertz CT molecular complexity index is 609. The first-order chi connectivity index (χ1) is 10.8. The molecule has 0 unspecified atom stereocenters. The number of ether oxygens (including phenoxy) is 2. The summed E-state index contributed by atoms with van der Waals surface area (Å²) < 4.78 is 11.2. The van der Waals surface area contributed by atoms with Crippen LogP contribution in [0.25, 0.3) is 0 Å². The summed E-state index contributed by atoms with van der Waals surface area (Å²) in [7, 11) is 0. The number of amides is 1. The highest BCUT2D eigenvalue weighted by atomic mass is 16.5. The fourth-order valence-corrected chi connectivity index (χ4v) is 2.72. The lowest BCUT2D eigenvalue weighted by molar-refractivity contribution is -0.148. The molecule has 0 spiro atoms. The van der Waals surface area contributed by atoms with Gasteiger partial charge in [-0.25, -0.2) is 0 Å². The first kappa shape index (κ1) is 17.1. The molecule has 0 fully saturated rings. The Morgan fingerprint density at radius 2 is 2.00 bits per heavy atom. The van der Waals surface area contributed by atoms with Crippen molar-refractivity contribution in [3.05, 3.63) is 18.2 Å². The first-order valence-electron chi connectivity index (χ1n) is 7.93. The van der Waals surface area contributed by atoms with Crippen molar-refractivity contribution in [1.82, 2.24) is 0 Å². The molecule has 2 N–H and O–H groups in total. The Labute approximate surface area is 136 Å². The highest BCUT2D eigenvalue weighted by Crippen LogP contribution is 2.41. The topological polar surface area (TPSA) is 81.9 Å². The van der Waals surface area contributed by atoms with E-state index in [1.165, 1.54) is 4.90 Å². The Hall–Kier alpha value is -2.24. The van der Waals surface area contributed by atoms with E-state index in [2.05, 4.69) is 0 Å². The standard InChI is InChI=1S/C17H24N2O4/c1-5-17(6-2)16(21)19(10-15(20)22-11(3)4)13-9-12(18)7-8-14(13)23-17/h7-9,11H,5-6,10,18H2,1-4H3. The van der Waals surface area contributed by atoms with Gasteiger partial charge in [0.15, 0.2) is 5.60 Å². The van der Waals surface area contributed by atoms with Crippen LogP contribution in [0.1, 0.15) is 40.5 Å². The average Bonchev–Trinajstić information content (AvgIpc) is 2.50. The van der Waals surface area contributed by atoms with Crippen molar-refractivity contribution >= 4 is 23.3 Å². The number of hydrogen-bond acceptors (Lipinski definition) is 5. The number of anilines is 2. The zero-order chi connectivity index (χ0) is 17.2. The monoisotopic (exact) mass is 320 g/mol. The lowest BCUT2D eigenvalue weighted by Gasteiger charge is -2.41. The van der Waals surface area contributed by atoms with Gasteiger partial charge in [0.05, 0.1) is 11.8 Å². The molecule has 1 heterocycles. The third-order valence-corrected chi connectivity index (χ3v) is 4.01. The minimum Gasteiger partial charge on any atom is -0.475 e. The molecule has 1 aliphatic rings. The van der Waals surface area contributed by atoms with E-state index in [4.69, 9.17) is 15.2 Å². The molecule has 2 rings (SSSR count). The molecule has 1 aliphatic heterocycles. The predicted octanol–water partition coefficient (Wildman–Crippen LogP) is 2.50. The van der Waals surface area contributed by atoms with Gasteiger partial charge < -0.3 is 15.2 Å². The average molecular weight is 320 g/mol. The number of fused-ring (bicyclic) bond motifs is 1. The van der Waals surface area contributed by atoms with Gasteiger partial charge in [-0.1, -0.05) is 13.8 Å². The fourth-order valence-electron chi connectivity index (χ4n) is 2.72. The van der Waals surface area contributed by atoms with Gasteiger partial charge in [0.2, 0.25) is 0 Å². The van der Waals surface area contributed by atoms with E-state index in [1.807, 2.05) is 13.8 Å². The summed E-state index contributed by atoms with van der Waals surface area (Å²) in [4.78, 5) is 26.4. The van der Waals surface area contributed by atoms with E-state index in [9.17, 15) is 9.59 Å². The van der Waals surface area contributed by atoms with Gasteiger partial charge in [-0.05, 0) is 44.9 Å². The third-order valence-electron chi connectivity index (χ3n) is 4.01. The van der Waals surface area contributed by atoms with E-state index >= 15 is 0 Å². The smallest absolute Gasteiger partial charge is 0.326 e. The molecule has 0 aliphatic carbocycles. The van der Waals surface area contributed by atoms with Crippen LogP contribution in [0.5, 0.6) is 5.75 Å². The number of carbonyl (C=O) groups is 2. The molecule has 1 aromatic rings. The SMILES string of the molecule is CCC1(CC)Oc2ccc(N)cc2N(CC(=O)OC(C)C)C1=O. The molecule has 0 saturated carbocycles. The summed E-state index contributed by atoms with van der Waals surface area (Å²) in [6, 6.07) is 5.10. The molecule has 1 amide bonds. The normalized spacial score (nSPS) is 16.0. The van der Waals surface area contributed by atoms with Crippen molar-refractivity contribution in [3.8, 4) is 5.75 Å². The third kappa shape index (κ3) is 3.25. The van der Waals surface area contributed by atoms with Crippen LogP contribution >= 0.6 is 0 Å². The number of nitrogens with two attached hydrogens (primary N) is 1. The lowest BCUT2D eigenvalue weighted by atomic mass is 9.92. The molecule has 0 saturated heterocycles. The molecule has 6 nitrogen and oxygen atoms in total. The lowest BCUT2D eigenvalue weighted by Crippen LogP contribution is -2.56.